The number of benzene rings is 1. The molecule has 2 aromatic rings. The monoisotopic (exact) mass is 227 g/mol. The molecular formula is C14H17N3. The van der Waals surface area contributed by atoms with E-state index in [0.717, 1.165) is 17.8 Å². The summed E-state index contributed by atoms with van der Waals surface area (Å²) in [6.45, 7) is 2.77. The molecule has 0 atom stereocenters. The molecule has 0 saturated carbocycles. The number of aromatic nitrogens is 2. The molecule has 0 spiro atoms. The van der Waals surface area contributed by atoms with Crippen molar-refractivity contribution in [1.29, 1.82) is 0 Å². The first-order valence-electron chi connectivity index (χ1n) is 5.79. The van der Waals surface area contributed by atoms with E-state index in [1.165, 1.54) is 5.57 Å². The van der Waals surface area contributed by atoms with Gasteiger partial charge in [0.25, 0.3) is 0 Å². The van der Waals surface area contributed by atoms with Crippen LogP contribution in [-0.2, 0) is 0 Å². The Morgan fingerprint density at radius 3 is 2.76 bits per heavy atom. The van der Waals surface area contributed by atoms with Crippen molar-refractivity contribution in [3.8, 4) is 5.69 Å². The van der Waals surface area contributed by atoms with Gasteiger partial charge in [-0.1, -0.05) is 24.3 Å². The minimum absolute atomic E-state index is 0.677. The molecule has 1 aromatic carbocycles. The Morgan fingerprint density at radius 2 is 2.06 bits per heavy atom. The third kappa shape index (κ3) is 2.63. The van der Waals surface area contributed by atoms with Crippen LogP contribution in [0.1, 0.15) is 19.0 Å². The Hall–Kier alpha value is -1.87. The SMILES string of the molecule is C/C(=C/CCN)c1ccnn1-c1ccccc1. The second-order valence-electron chi connectivity index (χ2n) is 3.93. The Morgan fingerprint density at radius 1 is 1.29 bits per heavy atom. The van der Waals surface area contributed by atoms with E-state index in [2.05, 4.69) is 18.1 Å². The normalized spacial score (nSPS) is 11.8. The molecule has 0 amide bonds. The molecule has 17 heavy (non-hydrogen) atoms. The molecular weight excluding hydrogens is 210 g/mol. The van der Waals surface area contributed by atoms with Gasteiger partial charge in [-0.05, 0) is 43.7 Å². The van der Waals surface area contributed by atoms with Crippen LogP contribution in [-0.4, -0.2) is 16.3 Å². The van der Waals surface area contributed by atoms with Crippen LogP contribution in [0.25, 0.3) is 11.3 Å². The number of para-hydroxylation sites is 1. The van der Waals surface area contributed by atoms with Crippen molar-refractivity contribution < 1.29 is 0 Å². The highest BCUT2D eigenvalue weighted by molar-refractivity contribution is 5.62. The van der Waals surface area contributed by atoms with Crippen LogP contribution in [0.15, 0.2) is 48.7 Å². The first kappa shape index (κ1) is 11.6. The summed E-state index contributed by atoms with van der Waals surface area (Å²) in [5, 5.41) is 4.36. The maximum Gasteiger partial charge on any atom is 0.0694 e. The maximum atomic E-state index is 5.51. The molecule has 3 heteroatoms. The summed E-state index contributed by atoms with van der Waals surface area (Å²) in [5.41, 5.74) is 8.91. The standard InChI is InChI=1S/C14H17N3/c1-12(6-5-10-15)14-9-11-16-17(14)13-7-3-2-4-8-13/h2-4,6-9,11H,5,10,15H2,1H3/b12-6-. The summed E-state index contributed by atoms with van der Waals surface area (Å²) >= 11 is 0. The van der Waals surface area contributed by atoms with E-state index in [-0.39, 0.29) is 0 Å². The first-order chi connectivity index (χ1) is 8.33. The van der Waals surface area contributed by atoms with Crippen LogP contribution in [0.4, 0.5) is 0 Å². The number of hydrogen-bond donors (Lipinski definition) is 1. The summed E-state index contributed by atoms with van der Waals surface area (Å²) < 4.78 is 1.95. The molecule has 2 rings (SSSR count). The second kappa shape index (κ2) is 5.46. The van der Waals surface area contributed by atoms with Crippen molar-refractivity contribution >= 4 is 5.57 Å². The van der Waals surface area contributed by atoms with Crippen LogP contribution in [0.3, 0.4) is 0 Å². The van der Waals surface area contributed by atoms with Crippen molar-refractivity contribution in [3.05, 3.63) is 54.4 Å². The lowest BCUT2D eigenvalue weighted by Crippen LogP contribution is -2.01. The van der Waals surface area contributed by atoms with Gasteiger partial charge >= 0.3 is 0 Å². The third-order valence-corrected chi connectivity index (χ3v) is 2.66. The summed E-state index contributed by atoms with van der Waals surface area (Å²) in [4.78, 5) is 0. The Bertz CT molecular complexity index is 497. The lowest BCUT2D eigenvalue weighted by Gasteiger charge is -2.07. The van der Waals surface area contributed by atoms with E-state index in [9.17, 15) is 0 Å². The largest absolute Gasteiger partial charge is 0.330 e. The first-order valence-corrected chi connectivity index (χ1v) is 5.79. The van der Waals surface area contributed by atoms with Crippen molar-refractivity contribution in [1.82, 2.24) is 9.78 Å². The topological polar surface area (TPSA) is 43.8 Å². The molecule has 0 aliphatic heterocycles. The van der Waals surface area contributed by atoms with Crippen LogP contribution < -0.4 is 5.73 Å². The molecule has 0 radical (unpaired) electrons. The summed E-state index contributed by atoms with van der Waals surface area (Å²) in [6.07, 6.45) is 4.87. The summed E-state index contributed by atoms with van der Waals surface area (Å²) in [7, 11) is 0. The predicted molar refractivity (Wildman–Crippen MR) is 70.9 cm³/mol. The quantitative estimate of drug-likeness (QED) is 0.872. The van der Waals surface area contributed by atoms with Gasteiger partial charge in [0.05, 0.1) is 17.6 Å². The fourth-order valence-electron chi connectivity index (χ4n) is 1.78. The van der Waals surface area contributed by atoms with Crippen molar-refractivity contribution in [3.63, 3.8) is 0 Å². The highest BCUT2D eigenvalue weighted by atomic mass is 15.3. The van der Waals surface area contributed by atoms with E-state index in [1.807, 2.05) is 47.3 Å². The van der Waals surface area contributed by atoms with Gasteiger partial charge in [0, 0.05) is 0 Å². The summed E-state index contributed by atoms with van der Waals surface area (Å²) in [5.74, 6) is 0. The molecule has 1 heterocycles. The average Bonchev–Trinajstić information content (AvgIpc) is 2.86. The van der Waals surface area contributed by atoms with E-state index in [4.69, 9.17) is 5.73 Å². The van der Waals surface area contributed by atoms with Gasteiger partial charge in [-0.15, -0.1) is 0 Å². The molecule has 2 N–H and O–H groups in total. The molecule has 88 valence electrons. The fourth-order valence-corrected chi connectivity index (χ4v) is 1.78. The minimum atomic E-state index is 0.677. The summed E-state index contributed by atoms with van der Waals surface area (Å²) in [6, 6.07) is 12.2. The number of rotatable bonds is 4. The van der Waals surface area contributed by atoms with E-state index in [1.54, 1.807) is 0 Å². The van der Waals surface area contributed by atoms with E-state index < -0.39 is 0 Å². The molecule has 0 unspecified atom stereocenters. The third-order valence-electron chi connectivity index (χ3n) is 2.66. The maximum absolute atomic E-state index is 5.51. The van der Waals surface area contributed by atoms with Gasteiger partial charge in [0.1, 0.15) is 0 Å². The highest BCUT2D eigenvalue weighted by Crippen LogP contribution is 2.17. The molecule has 0 fully saturated rings. The number of nitrogens with two attached hydrogens (primary N) is 1. The Kier molecular flexibility index (Phi) is 3.73. The second-order valence-corrected chi connectivity index (χ2v) is 3.93. The smallest absolute Gasteiger partial charge is 0.0694 e. The fraction of sp³-hybridized carbons (Fsp3) is 0.214. The van der Waals surface area contributed by atoms with Crippen molar-refractivity contribution in [2.45, 2.75) is 13.3 Å². The van der Waals surface area contributed by atoms with Crippen LogP contribution in [0.2, 0.25) is 0 Å². The van der Waals surface area contributed by atoms with E-state index >= 15 is 0 Å². The number of nitrogens with zero attached hydrogens (tertiary/aromatic N) is 2. The van der Waals surface area contributed by atoms with Gasteiger partial charge in [-0.3, -0.25) is 0 Å². The minimum Gasteiger partial charge on any atom is -0.330 e. The Balaban J connectivity index is 2.35. The zero-order chi connectivity index (χ0) is 12.1. The Labute approximate surface area is 102 Å². The average molecular weight is 227 g/mol. The van der Waals surface area contributed by atoms with Gasteiger partial charge in [-0.2, -0.15) is 5.10 Å². The molecule has 0 aliphatic rings. The van der Waals surface area contributed by atoms with Crippen molar-refractivity contribution in [2.24, 2.45) is 5.73 Å². The van der Waals surface area contributed by atoms with Crippen LogP contribution in [0, 0.1) is 0 Å². The van der Waals surface area contributed by atoms with Gasteiger partial charge in [0.2, 0.25) is 0 Å². The number of allylic oxidation sites excluding steroid dienone is 1. The molecule has 1 aromatic heterocycles. The zero-order valence-electron chi connectivity index (χ0n) is 10.0. The van der Waals surface area contributed by atoms with Gasteiger partial charge in [0.15, 0.2) is 0 Å². The molecule has 0 saturated heterocycles. The lowest BCUT2D eigenvalue weighted by atomic mass is 10.1. The zero-order valence-corrected chi connectivity index (χ0v) is 10.0. The van der Waals surface area contributed by atoms with Gasteiger partial charge < -0.3 is 5.73 Å². The predicted octanol–water partition coefficient (Wildman–Crippen LogP) is 2.62. The lowest BCUT2D eigenvalue weighted by molar-refractivity contribution is 0.864. The van der Waals surface area contributed by atoms with Crippen LogP contribution >= 0.6 is 0 Å². The highest BCUT2D eigenvalue weighted by Gasteiger charge is 2.05. The van der Waals surface area contributed by atoms with Crippen LogP contribution in [0.5, 0.6) is 0 Å². The molecule has 3 nitrogen and oxygen atoms in total. The molecule has 0 aliphatic carbocycles. The van der Waals surface area contributed by atoms with Gasteiger partial charge in [-0.25, -0.2) is 4.68 Å². The van der Waals surface area contributed by atoms with Crippen molar-refractivity contribution in [2.75, 3.05) is 6.54 Å². The molecule has 0 bridgehead atoms. The number of hydrogen-bond acceptors (Lipinski definition) is 2. The van der Waals surface area contributed by atoms with E-state index in [0.29, 0.717) is 6.54 Å².